The van der Waals surface area contributed by atoms with E-state index in [0.29, 0.717) is 29.5 Å². The summed E-state index contributed by atoms with van der Waals surface area (Å²) in [4.78, 5) is 17.1. The smallest absolute Gasteiger partial charge is 0.255 e. The lowest BCUT2D eigenvalue weighted by atomic mass is 9.79. The SMILES string of the molecule is CCC(C)c1ccc(C(=O)Nc2cccc(OCc3cccnc3)c2)cc1C(C)(C)C. The number of nitrogens with zero attached hydrogens (tertiary/aromatic N) is 1. The number of anilines is 1. The normalized spacial score (nSPS) is 12.3. The molecule has 3 aromatic rings. The van der Waals surface area contributed by atoms with Crippen LogP contribution in [0.2, 0.25) is 0 Å². The Morgan fingerprint density at radius 1 is 1.10 bits per heavy atom. The van der Waals surface area contributed by atoms with E-state index in [2.05, 4.69) is 51.0 Å². The summed E-state index contributed by atoms with van der Waals surface area (Å²) >= 11 is 0. The van der Waals surface area contributed by atoms with Gasteiger partial charge in [-0.05, 0) is 59.2 Å². The van der Waals surface area contributed by atoms with Crippen LogP contribution in [-0.2, 0) is 12.0 Å². The average molecular weight is 417 g/mol. The molecule has 1 unspecified atom stereocenters. The third-order valence-electron chi connectivity index (χ3n) is 5.49. The van der Waals surface area contributed by atoms with Crippen molar-refractivity contribution in [3.8, 4) is 5.75 Å². The third kappa shape index (κ3) is 5.94. The third-order valence-corrected chi connectivity index (χ3v) is 5.49. The van der Waals surface area contributed by atoms with Crippen LogP contribution in [0.25, 0.3) is 0 Å². The highest BCUT2D eigenvalue weighted by atomic mass is 16.5. The highest BCUT2D eigenvalue weighted by Gasteiger charge is 2.22. The zero-order chi connectivity index (χ0) is 22.4. The first kappa shape index (κ1) is 22.5. The number of carbonyl (C=O) groups is 1. The van der Waals surface area contributed by atoms with Crippen molar-refractivity contribution in [2.24, 2.45) is 0 Å². The van der Waals surface area contributed by atoms with E-state index in [0.717, 1.165) is 12.0 Å². The van der Waals surface area contributed by atoms with Gasteiger partial charge in [0.2, 0.25) is 0 Å². The van der Waals surface area contributed by atoms with Gasteiger partial charge in [0.25, 0.3) is 5.91 Å². The van der Waals surface area contributed by atoms with Crippen LogP contribution in [0, 0.1) is 0 Å². The van der Waals surface area contributed by atoms with Gasteiger partial charge in [0.1, 0.15) is 12.4 Å². The fourth-order valence-corrected chi connectivity index (χ4v) is 3.51. The molecule has 4 nitrogen and oxygen atoms in total. The zero-order valence-electron chi connectivity index (χ0n) is 19.1. The van der Waals surface area contributed by atoms with Crippen molar-refractivity contribution in [2.75, 3.05) is 5.32 Å². The number of pyridine rings is 1. The van der Waals surface area contributed by atoms with Gasteiger partial charge in [-0.2, -0.15) is 0 Å². The number of carbonyl (C=O) groups excluding carboxylic acids is 1. The van der Waals surface area contributed by atoms with Gasteiger partial charge in [-0.1, -0.05) is 52.8 Å². The molecular weight excluding hydrogens is 384 g/mol. The molecule has 3 rings (SSSR count). The molecule has 1 heterocycles. The lowest BCUT2D eigenvalue weighted by Gasteiger charge is -2.26. The molecule has 0 fully saturated rings. The molecule has 4 heteroatoms. The molecule has 0 saturated heterocycles. The Bertz CT molecular complexity index is 1020. The van der Waals surface area contributed by atoms with Crippen molar-refractivity contribution in [1.29, 1.82) is 0 Å². The van der Waals surface area contributed by atoms with Gasteiger partial charge < -0.3 is 10.1 Å². The Kier molecular flexibility index (Phi) is 7.11. The molecule has 0 aliphatic carbocycles. The molecule has 162 valence electrons. The van der Waals surface area contributed by atoms with Crippen LogP contribution < -0.4 is 10.1 Å². The standard InChI is InChI=1S/C27H32N2O2/c1-6-19(2)24-13-12-21(15-25(24)27(3,4)5)26(30)29-22-10-7-11-23(16-22)31-18-20-9-8-14-28-17-20/h7-17,19H,6,18H2,1-5H3,(H,29,30). The van der Waals surface area contributed by atoms with Gasteiger partial charge in [0.05, 0.1) is 0 Å². The minimum absolute atomic E-state index is 0.0326. The summed E-state index contributed by atoms with van der Waals surface area (Å²) in [5, 5.41) is 3.01. The topological polar surface area (TPSA) is 51.2 Å². The molecule has 1 aromatic heterocycles. The van der Waals surface area contributed by atoms with Gasteiger partial charge in [0, 0.05) is 35.3 Å². The van der Waals surface area contributed by atoms with E-state index in [4.69, 9.17) is 4.74 Å². The quantitative estimate of drug-likeness (QED) is 0.465. The predicted molar refractivity (Wildman–Crippen MR) is 127 cm³/mol. The minimum Gasteiger partial charge on any atom is -0.489 e. The first-order chi connectivity index (χ1) is 14.8. The second kappa shape index (κ2) is 9.78. The molecule has 0 saturated carbocycles. The second-order valence-electron chi connectivity index (χ2n) is 8.99. The number of amides is 1. The molecule has 0 aliphatic heterocycles. The van der Waals surface area contributed by atoms with Crippen LogP contribution in [0.1, 0.15) is 74.0 Å². The van der Waals surface area contributed by atoms with Gasteiger partial charge >= 0.3 is 0 Å². The minimum atomic E-state index is -0.120. The van der Waals surface area contributed by atoms with E-state index in [-0.39, 0.29) is 11.3 Å². The predicted octanol–water partition coefficient (Wildman–Crippen LogP) is 6.72. The summed E-state index contributed by atoms with van der Waals surface area (Å²) in [5.41, 5.74) is 4.87. The Balaban J connectivity index is 1.75. The highest BCUT2D eigenvalue weighted by molar-refractivity contribution is 6.04. The monoisotopic (exact) mass is 416 g/mol. The van der Waals surface area contributed by atoms with Crippen LogP contribution in [0.4, 0.5) is 5.69 Å². The van der Waals surface area contributed by atoms with Crippen molar-refractivity contribution in [3.63, 3.8) is 0 Å². The number of benzene rings is 2. The average Bonchev–Trinajstić information content (AvgIpc) is 2.77. The molecule has 1 amide bonds. The summed E-state index contributed by atoms with van der Waals surface area (Å²) in [5.74, 6) is 1.04. The fourth-order valence-electron chi connectivity index (χ4n) is 3.51. The Morgan fingerprint density at radius 3 is 2.58 bits per heavy atom. The summed E-state index contributed by atoms with van der Waals surface area (Å²) in [7, 11) is 0. The maximum atomic E-state index is 13.0. The highest BCUT2D eigenvalue weighted by Crippen LogP contribution is 2.33. The first-order valence-corrected chi connectivity index (χ1v) is 10.9. The van der Waals surface area contributed by atoms with Gasteiger partial charge in [0.15, 0.2) is 0 Å². The van der Waals surface area contributed by atoms with E-state index in [1.54, 1.807) is 12.4 Å². The number of hydrogen-bond donors (Lipinski definition) is 1. The maximum absolute atomic E-state index is 13.0. The van der Waals surface area contributed by atoms with E-state index >= 15 is 0 Å². The number of hydrogen-bond acceptors (Lipinski definition) is 3. The summed E-state index contributed by atoms with van der Waals surface area (Å²) in [6.45, 7) is 11.4. The largest absolute Gasteiger partial charge is 0.489 e. The maximum Gasteiger partial charge on any atom is 0.255 e. The van der Waals surface area contributed by atoms with Crippen LogP contribution in [0.3, 0.4) is 0 Å². The second-order valence-corrected chi connectivity index (χ2v) is 8.99. The molecule has 0 radical (unpaired) electrons. The Hall–Kier alpha value is -3.14. The summed E-state index contributed by atoms with van der Waals surface area (Å²) in [6, 6.07) is 17.4. The van der Waals surface area contributed by atoms with E-state index in [1.807, 2.05) is 48.5 Å². The van der Waals surface area contributed by atoms with Crippen LogP contribution in [0.5, 0.6) is 5.75 Å². The lowest BCUT2D eigenvalue weighted by Crippen LogP contribution is -2.18. The van der Waals surface area contributed by atoms with Crippen LogP contribution >= 0.6 is 0 Å². The molecule has 0 bridgehead atoms. The fraction of sp³-hybridized carbons (Fsp3) is 0.333. The molecular formula is C27H32N2O2. The molecule has 1 atom stereocenters. The summed E-state index contributed by atoms with van der Waals surface area (Å²) in [6.07, 6.45) is 4.59. The molecule has 0 aliphatic rings. The van der Waals surface area contributed by atoms with E-state index in [9.17, 15) is 4.79 Å². The molecule has 1 N–H and O–H groups in total. The van der Waals surface area contributed by atoms with E-state index < -0.39 is 0 Å². The zero-order valence-corrected chi connectivity index (χ0v) is 19.1. The van der Waals surface area contributed by atoms with Crippen LogP contribution in [0.15, 0.2) is 67.0 Å². The first-order valence-electron chi connectivity index (χ1n) is 10.9. The molecule has 2 aromatic carbocycles. The van der Waals surface area contributed by atoms with Gasteiger partial charge in [-0.3, -0.25) is 9.78 Å². The van der Waals surface area contributed by atoms with Gasteiger partial charge in [-0.25, -0.2) is 0 Å². The van der Waals surface area contributed by atoms with Crippen molar-refractivity contribution in [3.05, 3.63) is 89.2 Å². The summed E-state index contributed by atoms with van der Waals surface area (Å²) < 4.78 is 5.85. The Morgan fingerprint density at radius 2 is 1.90 bits per heavy atom. The van der Waals surface area contributed by atoms with Crippen molar-refractivity contribution in [1.82, 2.24) is 4.98 Å². The number of aromatic nitrogens is 1. The van der Waals surface area contributed by atoms with Gasteiger partial charge in [-0.15, -0.1) is 0 Å². The molecule has 31 heavy (non-hydrogen) atoms. The van der Waals surface area contributed by atoms with Crippen molar-refractivity contribution < 1.29 is 9.53 Å². The van der Waals surface area contributed by atoms with Crippen molar-refractivity contribution in [2.45, 2.75) is 59.0 Å². The Labute approximate surface area is 185 Å². The lowest BCUT2D eigenvalue weighted by molar-refractivity contribution is 0.102. The van der Waals surface area contributed by atoms with Crippen LogP contribution in [-0.4, -0.2) is 10.9 Å². The number of rotatable bonds is 7. The molecule has 0 spiro atoms. The van der Waals surface area contributed by atoms with E-state index in [1.165, 1.54) is 11.1 Å². The number of ether oxygens (including phenoxy) is 1. The number of nitrogens with one attached hydrogen (secondary N) is 1. The van der Waals surface area contributed by atoms with Crippen molar-refractivity contribution >= 4 is 11.6 Å².